The molecule has 0 spiro atoms. The molecule has 1 aromatic rings. The van der Waals surface area contributed by atoms with Gasteiger partial charge in [0.2, 0.25) is 0 Å². The van der Waals surface area contributed by atoms with E-state index in [-0.39, 0.29) is 0 Å². The lowest BCUT2D eigenvalue weighted by Crippen LogP contribution is -2.22. The molecule has 2 heteroatoms. The van der Waals surface area contributed by atoms with E-state index in [2.05, 4.69) is 43.8 Å². The van der Waals surface area contributed by atoms with Crippen LogP contribution >= 0.6 is 0 Å². The van der Waals surface area contributed by atoms with Crippen LogP contribution in [0.25, 0.3) is 0 Å². The molecule has 3 rings (SSSR count). The van der Waals surface area contributed by atoms with Gasteiger partial charge in [-0.3, -0.25) is 0 Å². The van der Waals surface area contributed by atoms with E-state index in [1.807, 2.05) is 0 Å². The normalized spacial score (nSPS) is 27.7. The molecule has 0 N–H and O–H groups in total. The lowest BCUT2D eigenvalue weighted by atomic mass is 9.70. The highest BCUT2D eigenvalue weighted by atomic mass is 19.1. The molecule has 2 aliphatic rings. The van der Waals surface area contributed by atoms with Crippen LogP contribution in [0.5, 0.6) is 0 Å². The molecular formula is C28H36FN. The summed E-state index contributed by atoms with van der Waals surface area (Å²) < 4.78 is 12.9. The van der Waals surface area contributed by atoms with E-state index in [1.54, 1.807) is 6.08 Å². The van der Waals surface area contributed by atoms with Gasteiger partial charge in [-0.05, 0) is 98.7 Å². The molecule has 0 bridgehead atoms. The van der Waals surface area contributed by atoms with E-state index in [1.165, 1.54) is 80.2 Å². The van der Waals surface area contributed by atoms with E-state index < -0.39 is 5.83 Å². The summed E-state index contributed by atoms with van der Waals surface area (Å²) in [5, 5.41) is 8.47. The summed E-state index contributed by atoms with van der Waals surface area (Å²) in [5.74, 6) is 1.83. The first-order valence-electron chi connectivity index (χ1n) is 11.8. The monoisotopic (exact) mass is 405 g/mol. The number of nitriles is 1. The van der Waals surface area contributed by atoms with Gasteiger partial charge in [-0.25, -0.2) is 0 Å². The molecule has 0 aliphatic heterocycles. The molecule has 2 fully saturated rings. The number of nitrogens with zero attached hydrogens (tertiary/aromatic N) is 1. The maximum Gasteiger partial charge on any atom is 0.199 e. The Morgan fingerprint density at radius 2 is 1.63 bits per heavy atom. The highest BCUT2D eigenvalue weighted by Gasteiger charge is 2.29. The Morgan fingerprint density at radius 1 is 1.03 bits per heavy atom. The summed E-state index contributed by atoms with van der Waals surface area (Å²) in [6, 6.07) is 10.9. The zero-order valence-electron chi connectivity index (χ0n) is 18.5. The van der Waals surface area contributed by atoms with Gasteiger partial charge in [0.15, 0.2) is 5.83 Å². The van der Waals surface area contributed by atoms with Crippen molar-refractivity contribution < 1.29 is 4.39 Å². The third-order valence-corrected chi connectivity index (χ3v) is 7.27. The number of hydrogen-bond acceptors (Lipinski definition) is 1. The minimum Gasteiger partial charge on any atom is -0.195 e. The quantitative estimate of drug-likeness (QED) is 0.255. The fourth-order valence-corrected chi connectivity index (χ4v) is 5.39. The second-order valence-electron chi connectivity index (χ2n) is 9.24. The van der Waals surface area contributed by atoms with Crippen LogP contribution in [0.4, 0.5) is 4.39 Å². The second kappa shape index (κ2) is 11.3. The van der Waals surface area contributed by atoms with Gasteiger partial charge in [0.25, 0.3) is 0 Å². The molecule has 1 aromatic carbocycles. The van der Waals surface area contributed by atoms with Crippen molar-refractivity contribution in [3.63, 3.8) is 0 Å². The van der Waals surface area contributed by atoms with E-state index in [9.17, 15) is 4.39 Å². The Bertz CT molecular complexity index is 779. The molecule has 0 saturated heterocycles. The van der Waals surface area contributed by atoms with Gasteiger partial charge in [-0.15, -0.1) is 0 Å². The number of benzene rings is 1. The average Bonchev–Trinajstić information content (AvgIpc) is 2.80. The van der Waals surface area contributed by atoms with E-state index in [0.717, 1.165) is 12.8 Å². The Morgan fingerprint density at radius 3 is 2.20 bits per heavy atom. The van der Waals surface area contributed by atoms with Gasteiger partial charge >= 0.3 is 0 Å². The Labute approximate surface area is 182 Å². The van der Waals surface area contributed by atoms with Crippen LogP contribution < -0.4 is 0 Å². The minimum absolute atomic E-state index is 0.503. The highest BCUT2D eigenvalue weighted by Crippen LogP contribution is 2.43. The molecule has 2 saturated carbocycles. The number of allylic oxidation sites excluding steroid dienone is 5. The minimum atomic E-state index is -0.721. The summed E-state index contributed by atoms with van der Waals surface area (Å²) in [5.41, 5.74) is 4.47. The van der Waals surface area contributed by atoms with E-state index >= 15 is 0 Å². The van der Waals surface area contributed by atoms with Crippen LogP contribution in [0.3, 0.4) is 0 Å². The second-order valence-corrected chi connectivity index (χ2v) is 9.24. The zero-order valence-corrected chi connectivity index (χ0v) is 18.5. The van der Waals surface area contributed by atoms with Gasteiger partial charge in [0, 0.05) is 0 Å². The SMILES string of the molecule is C=C([C@H]1CC[C@H](/C=C/C=C(\F)C#N)CC1)[C@H]1CC[C@H](c2ccc(CCC)cc2)CC1. The topological polar surface area (TPSA) is 23.8 Å². The van der Waals surface area contributed by atoms with Crippen molar-refractivity contribution in [3.05, 3.63) is 71.6 Å². The van der Waals surface area contributed by atoms with Gasteiger partial charge in [-0.2, -0.15) is 9.65 Å². The van der Waals surface area contributed by atoms with Crippen molar-refractivity contribution >= 4 is 0 Å². The van der Waals surface area contributed by atoms with Crippen molar-refractivity contribution in [1.82, 2.24) is 0 Å². The summed E-state index contributed by atoms with van der Waals surface area (Å²) in [4.78, 5) is 0. The molecule has 160 valence electrons. The van der Waals surface area contributed by atoms with Crippen molar-refractivity contribution in [2.24, 2.45) is 17.8 Å². The van der Waals surface area contributed by atoms with Gasteiger partial charge in [0.05, 0.1) is 0 Å². The van der Waals surface area contributed by atoms with Crippen LogP contribution in [0, 0.1) is 29.1 Å². The lowest BCUT2D eigenvalue weighted by molar-refractivity contribution is 0.290. The summed E-state index contributed by atoms with van der Waals surface area (Å²) >= 11 is 0. The number of halogens is 1. The molecule has 2 aliphatic carbocycles. The molecular weight excluding hydrogens is 369 g/mol. The van der Waals surface area contributed by atoms with Crippen LogP contribution in [-0.4, -0.2) is 0 Å². The smallest absolute Gasteiger partial charge is 0.195 e. The Kier molecular flexibility index (Phi) is 8.50. The molecule has 0 unspecified atom stereocenters. The van der Waals surface area contributed by atoms with Gasteiger partial charge in [0.1, 0.15) is 6.07 Å². The third-order valence-electron chi connectivity index (χ3n) is 7.27. The van der Waals surface area contributed by atoms with Crippen LogP contribution in [-0.2, 0) is 6.42 Å². The Balaban J connectivity index is 1.44. The molecule has 30 heavy (non-hydrogen) atoms. The highest BCUT2D eigenvalue weighted by molar-refractivity contribution is 5.26. The van der Waals surface area contributed by atoms with Gasteiger partial charge in [-0.1, -0.05) is 61.9 Å². The summed E-state index contributed by atoms with van der Waals surface area (Å²) in [6.45, 7) is 6.78. The lowest BCUT2D eigenvalue weighted by Gasteiger charge is -2.36. The summed E-state index contributed by atoms with van der Waals surface area (Å²) in [7, 11) is 0. The fourth-order valence-electron chi connectivity index (χ4n) is 5.39. The van der Waals surface area contributed by atoms with E-state index in [4.69, 9.17) is 5.26 Å². The Hall–Kier alpha value is -2.14. The summed E-state index contributed by atoms with van der Waals surface area (Å²) in [6.07, 6.45) is 17.2. The van der Waals surface area contributed by atoms with Gasteiger partial charge < -0.3 is 0 Å². The largest absolute Gasteiger partial charge is 0.199 e. The number of rotatable bonds is 7. The van der Waals surface area contributed by atoms with E-state index in [0.29, 0.717) is 23.7 Å². The predicted molar refractivity (Wildman–Crippen MR) is 124 cm³/mol. The first-order chi connectivity index (χ1) is 14.6. The predicted octanol–water partition coefficient (Wildman–Crippen LogP) is 8.21. The van der Waals surface area contributed by atoms with Crippen LogP contribution in [0.15, 0.2) is 60.5 Å². The molecule has 0 heterocycles. The van der Waals surface area contributed by atoms with Crippen molar-refractivity contribution in [2.45, 2.75) is 77.0 Å². The van der Waals surface area contributed by atoms with Crippen molar-refractivity contribution in [3.8, 4) is 6.07 Å². The van der Waals surface area contributed by atoms with Crippen LogP contribution in [0.2, 0.25) is 0 Å². The third kappa shape index (κ3) is 6.18. The standard InChI is InChI=1S/C28H36FN/c1-3-5-22-10-14-26(15-11-22)27-18-16-25(17-19-27)21(2)24-12-8-23(9-13-24)6-4-7-28(29)20-30/h4,6-7,10-11,14-15,23-25,27H,2-3,5,8-9,12-13,16-19H2,1H3/b6-4+,28-7-/t23-,24-,25-,27-. The first-order valence-corrected chi connectivity index (χ1v) is 11.8. The van der Waals surface area contributed by atoms with Crippen molar-refractivity contribution in [2.75, 3.05) is 0 Å². The average molecular weight is 406 g/mol. The fraction of sp³-hybridized carbons (Fsp3) is 0.536. The maximum atomic E-state index is 12.9. The van der Waals surface area contributed by atoms with Crippen molar-refractivity contribution in [1.29, 1.82) is 5.26 Å². The number of aryl methyl sites for hydroxylation is 1. The molecule has 0 radical (unpaired) electrons. The maximum absolute atomic E-state index is 12.9. The molecule has 0 atom stereocenters. The molecule has 0 aromatic heterocycles. The molecule has 1 nitrogen and oxygen atoms in total. The first kappa shape index (κ1) is 22.5. The van der Waals surface area contributed by atoms with Crippen LogP contribution in [0.1, 0.15) is 81.8 Å². The number of hydrogen-bond donors (Lipinski definition) is 0. The zero-order chi connectivity index (χ0) is 21.3. The molecule has 0 amide bonds.